The van der Waals surface area contributed by atoms with Crippen molar-refractivity contribution in [2.24, 2.45) is 0 Å². The molecule has 2 aliphatic rings. The van der Waals surface area contributed by atoms with E-state index < -0.39 is 0 Å². The molecule has 5 heteroatoms. The van der Waals surface area contributed by atoms with E-state index in [0.717, 1.165) is 30.7 Å². The molecular formula is C18H27N5. The van der Waals surface area contributed by atoms with E-state index in [4.69, 9.17) is 4.98 Å². The summed E-state index contributed by atoms with van der Waals surface area (Å²) in [6.45, 7) is 5.85. The van der Waals surface area contributed by atoms with Crippen molar-refractivity contribution in [2.75, 3.05) is 33.2 Å². The van der Waals surface area contributed by atoms with E-state index in [1.54, 1.807) is 0 Å². The van der Waals surface area contributed by atoms with Crippen molar-refractivity contribution in [3.05, 3.63) is 24.2 Å². The Morgan fingerprint density at radius 1 is 1.13 bits per heavy atom. The summed E-state index contributed by atoms with van der Waals surface area (Å²) in [6.07, 6.45) is 8.24. The number of likely N-dealkylation sites (N-methyl/N-ethyl adjacent to an activating group) is 1. The molecule has 2 aromatic heterocycles. The number of rotatable bonds is 5. The van der Waals surface area contributed by atoms with Crippen LogP contribution in [0.25, 0.3) is 11.2 Å². The number of hydrogen-bond donors (Lipinski definition) is 0. The summed E-state index contributed by atoms with van der Waals surface area (Å²) in [4.78, 5) is 14.6. The highest BCUT2D eigenvalue weighted by Gasteiger charge is 2.24. The maximum atomic E-state index is 4.91. The van der Waals surface area contributed by atoms with Gasteiger partial charge in [0.15, 0.2) is 5.65 Å². The smallest absolute Gasteiger partial charge is 0.160 e. The minimum Gasteiger partial charge on any atom is -0.311 e. The van der Waals surface area contributed by atoms with Crippen LogP contribution >= 0.6 is 0 Å². The SMILES string of the molecule is CN1CCCC1Cc1nc2cccnc2n1CCN1CCCC1. The summed E-state index contributed by atoms with van der Waals surface area (Å²) in [5.74, 6) is 1.22. The molecule has 1 unspecified atom stereocenters. The number of imidazole rings is 1. The van der Waals surface area contributed by atoms with Gasteiger partial charge in [-0.05, 0) is 64.5 Å². The summed E-state index contributed by atoms with van der Waals surface area (Å²) in [7, 11) is 2.24. The highest BCUT2D eigenvalue weighted by Crippen LogP contribution is 2.22. The molecule has 0 saturated carbocycles. The number of pyridine rings is 1. The van der Waals surface area contributed by atoms with Gasteiger partial charge in [0.25, 0.3) is 0 Å². The van der Waals surface area contributed by atoms with Gasteiger partial charge in [0.05, 0.1) is 0 Å². The molecule has 2 saturated heterocycles. The zero-order chi connectivity index (χ0) is 15.6. The third-order valence-electron chi connectivity index (χ3n) is 5.51. The second-order valence-electron chi connectivity index (χ2n) is 7.06. The predicted octanol–water partition coefficient (Wildman–Crippen LogP) is 2.16. The zero-order valence-electron chi connectivity index (χ0n) is 14.1. The Bertz CT molecular complexity index is 658. The molecule has 0 amide bonds. The van der Waals surface area contributed by atoms with E-state index in [9.17, 15) is 0 Å². The summed E-state index contributed by atoms with van der Waals surface area (Å²) in [5, 5.41) is 0. The molecule has 0 radical (unpaired) electrons. The molecule has 1 atom stereocenters. The first-order chi connectivity index (χ1) is 11.3. The standard InChI is InChI=1S/C18H27N5/c1-21-9-5-6-15(21)14-17-20-16-7-4-8-19-18(16)23(17)13-12-22-10-2-3-11-22/h4,7-8,15H,2-3,5-6,9-14H2,1H3. The molecule has 23 heavy (non-hydrogen) atoms. The van der Waals surface area contributed by atoms with Gasteiger partial charge in [-0.2, -0.15) is 0 Å². The monoisotopic (exact) mass is 313 g/mol. The van der Waals surface area contributed by atoms with E-state index >= 15 is 0 Å². The lowest BCUT2D eigenvalue weighted by Crippen LogP contribution is -2.29. The molecule has 0 aromatic carbocycles. The van der Waals surface area contributed by atoms with Gasteiger partial charge < -0.3 is 14.4 Å². The van der Waals surface area contributed by atoms with Crippen molar-refractivity contribution < 1.29 is 0 Å². The van der Waals surface area contributed by atoms with Crippen LogP contribution in [0.1, 0.15) is 31.5 Å². The van der Waals surface area contributed by atoms with Gasteiger partial charge in [-0.3, -0.25) is 0 Å². The number of likely N-dealkylation sites (tertiary alicyclic amines) is 2. The van der Waals surface area contributed by atoms with Crippen LogP contribution in [0.15, 0.2) is 18.3 Å². The number of nitrogens with zero attached hydrogens (tertiary/aromatic N) is 5. The molecule has 124 valence electrons. The highest BCUT2D eigenvalue weighted by molar-refractivity contribution is 5.71. The first-order valence-electron chi connectivity index (χ1n) is 9.04. The number of hydrogen-bond acceptors (Lipinski definition) is 4. The van der Waals surface area contributed by atoms with Crippen LogP contribution in [0, 0.1) is 0 Å². The van der Waals surface area contributed by atoms with Crippen molar-refractivity contribution in [1.82, 2.24) is 24.3 Å². The topological polar surface area (TPSA) is 37.2 Å². The summed E-state index contributed by atoms with van der Waals surface area (Å²) >= 11 is 0. The maximum absolute atomic E-state index is 4.91. The summed E-state index contributed by atoms with van der Waals surface area (Å²) in [5.41, 5.74) is 2.10. The van der Waals surface area contributed by atoms with Crippen LogP contribution in [0.5, 0.6) is 0 Å². The van der Waals surface area contributed by atoms with E-state index in [1.165, 1.54) is 51.1 Å². The van der Waals surface area contributed by atoms with Crippen LogP contribution in [0.4, 0.5) is 0 Å². The van der Waals surface area contributed by atoms with Gasteiger partial charge in [0, 0.05) is 31.7 Å². The molecule has 4 rings (SSSR count). The van der Waals surface area contributed by atoms with Gasteiger partial charge >= 0.3 is 0 Å². The number of aromatic nitrogens is 3. The first kappa shape index (κ1) is 15.1. The second kappa shape index (κ2) is 6.57. The molecule has 0 spiro atoms. The van der Waals surface area contributed by atoms with Crippen molar-refractivity contribution in [2.45, 2.75) is 44.7 Å². The lowest BCUT2D eigenvalue weighted by Gasteiger charge is -2.20. The quantitative estimate of drug-likeness (QED) is 0.848. The zero-order valence-corrected chi connectivity index (χ0v) is 14.1. The third-order valence-corrected chi connectivity index (χ3v) is 5.51. The lowest BCUT2D eigenvalue weighted by molar-refractivity contribution is 0.297. The van der Waals surface area contributed by atoms with Crippen molar-refractivity contribution in [3.63, 3.8) is 0 Å². The average Bonchev–Trinajstić information content (AvgIpc) is 3.27. The van der Waals surface area contributed by atoms with Crippen LogP contribution in [-0.2, 0) is 13.0 Å². The van der Waals surface area contributed by atoms with Gasteiger partial charge in [-0.25, -0.2) is 9.97 Å². The summed E-state index contributed by atoms with van der Waals surface area (Å²) < 4.78 is 2.37. The Hall–Kier alpha value is -1.46. The van der Waals surface area contributed by atoms with Crippen LogP contribution in [-0.4, -0.2) is 63.6 Å². The van der Waals surface area contributed by atoms with Crippen molar-refractivity contribution in [1.29, 1.82) is 0 Å². The second-order valence-corrected chi connectivity index (χ2v) is 7.06. The van der Waals surface area contributed by atoms with E-state index in [1.807, 2.05) is 12.3 Å². The van der Waals surface area contributed by atoms with E-state index in [2.05, 4.69) is 32.5 Å². The molecular weight excluding hydrogens is 286 g/mol. The minimum absolute atomic E-state index is 0.636. The minimum atomic E-state index is 0.636. The third kappa shape index (κ3) is 3.12. The molecule has 4 heterocycles. The Labute approximate surface area is 138 Å². The normalized spacial score (nSPS) is 23.3. The van der Waals surface area contributed by atoms with Gasteiger partial charge in [-0.15, -0.1) is 0 Å². The van der Waals surface area contributed by atoms with E-state index in [-0.39, 0.29) is 0 Å². The van der Waals surface area contributed by atoms with Crippen molar-refractivity contribution in [3.8, 4) is 0 Å². The first-order valence-corrected chi connectivity index (χ1v) is 9.04. The fourth-order valence-corrected chi connectivity index (χ4v) is 4.09. The maximum Gasteiger partial charge on any atom is 0.160 e. The number of fused-ring (bicyclic) bond motifs is 1. The largest absolute Gasteiger partial charge is 0.311 e. The predicted molar refractivity (Wildman–Crippen MR) is 92.6 cm³/mol. The Morgan fingerprint density at radius 2 is 2.00 bits per heavy atom. The van der Waals surface area contributed by atoms with Crippen LogP contribution in [0.2, 0.25) is 0 Å². The van der Waals surface area contributed by atoms with Crippen molar-refractivity contribution >= 4 is 11.2 Å². The molecule has 2 aliphatic heterocycles. The molecule has 2 aromatic rings. The molecule has 5 nitrogen and oxygen atoms in total. The fourth-order valence-electron chi connectivity index (χ4n) is 4.09. The molecule has 2 fully saturated rings. The molecule has 0 aliphatic carbocycles. The van der Waals surface area contributed by atoms with Crippen LogP contribution in [0.3, 0.4) is 0 Å². The Morgan fingerprint density at radius 3 is 2.78 bits per heavy atom. The van der Waals surface area contributed by atoms with Gasteiger partial charge in [-0.1, -0.05) is 0 Å². The van der Waals surface area contributed by atoms with Gasteiger partial charge in [0.1, 0.15) is 11.3 Å². The highest BCUT2D eigenvalue weighted by atomic mass is 15.2. The van der Waals surface area contributed by atoms with Gasteiger partial charge in [0.2, 0.25) is 0 Å². The van der Waals surface area contributed by atoms with Crippen LogP contribution < -0.4 is 0 Å². The average molecular weight is 313 g/mol. The van der Waals surface area contributed by atoms with E-state index in [0.29, 0.717) is 6.04 Å². The molecule has 0 bridgehead atoms. The fraction of sp³-hybridized carbons (Fsp3) is 0.667. The molecule has 0 N–H and O–H groups in total. The Kier molecular flexibility index (Phi) is 4.31. The summed E-state index contributed by atoms with van der Waals surface area (Å²) in [6, 6.07) is 4.72. The lowest BCUT2D eigenvalue weighted by atomic mass is 10.1. The Balaban J connectivity index is 1.58.